The van der Waals surface area contributed by atoms with Gasteiger partial charge in [0, 0.05) is 18.4 Å². The number of hydrogen-bond acceptors (Lipinski definition) is 2. The van der Waals surface area contributed by atoms with Crippen LogP contribution >= 0.6 is 11.6 Å². The number of alkyl halides is 1. The van der Waals surface area contributed by atoms with Crippen molar-refractivity contribution in [2.75, 3.05) is 19.1 Å². The van der Waals surface area contributed by atoms with Crippen LogP contribution in [-0.4, -0.2) is 24.7 Å². The summed E-state index contributed by atoms with van der Waals surface area (Å²) in [5.41, 5.74) is 0.446. The van der Waals surface area contributed by atoms with E-state index in [-0.39, 0.29) is 11.4 Å². The lowest BCUT2D eigenvalue weighted by atomic mass is 10.2. The van der Waals surface area contributed by atoms with E-state index in [2.05, 4.69) is 11.8 Å². The fraction of sp³-hybridized carbons (Fsp3) is 0.500. The highest BCUT2D eigenvalue weighted by Crippen LogP contribution is 2.19. The molecule has 0 aliphatic heterocycles. The molecule has 20 heavy (non-hydrogen) atoms. The highest BCUT2D eigenvalue weighted by molar-refractivity contribution is 6.18. The Kier molecular flexibility index (Phi) is 6.84. The second-order valence-corrected chi connectivity index (χ2v) is 5.57. The molecule has 0 saturated heterocycles. The molecule has 0 aliphatic rings. The van der Waals surface area contributed by atoms with Crippen LogP contribution in [-0.2, 0) is 4.74 Å². The van der Waals surface area contributed by atoms with Crippen LogP contribution in [0.4, 0.5) is 4.39 Å². The monoisotopic (exact) mass is 298 g/mol. The third-order valence-corrected chi connectivity index (χ3v) is 2.45. The predicted molar refractivity (Wildman–Crippen MR) is 79.8 cm³/mol. The Hall–Kier alpha value is -1.24. The maximum atomic E-state index is 13.3. The van der Waals surface area contributed by atoms with E-state index in [9.17, 15) is 4.39 Å². The van der Waals surface area contributed by atoms with Crippen molar-refractivity contribution in [2.45, 2.75) is 32.8 Å². The van der Waals surface area contributed by atoms with Gasteiger partial charge in [0.05, 0.1) is 17.8 Å². The van der Waals surface area contributed by atoms with Gasteiger partial charge in [-0.1, -0.05) is 11.8 Å². The van der Waals surface area contributed by atoms with E-state index in [1.54, 1.807) is 6.07 Å². The summed E-state index contributed by atoms with van der Waals surface area (Å²) in [6.45, 7) is 6.70. The summed E-state index contributed by atoms with van der Waals surface area (Å²) >= 11 is 5.57. The Morgan fingerprint density at radius 3 is 2.65 bits per heavy atom. The second kappa shape index (κ2) is 8.14. The molecule has 0 aliphatic carbocycles. The van der Waals surface area contributed by atoms with Crippen LogP contribution in [0, 0.1) is 17.7 Å². The summed E-state index contributed by atoms with van der Waals surface area (Å²) in [5.74, 6) is 6.41. The smallest absolute Gasteiger partial charge is 0.137 e. The van der Waals surface area contributed by atoms with Crippen molar-refractivity contribution < 1.29 is 13.9 Å². The van der Waals surface area contributed by atoms with Crippen LogP contribution in [0.1, 0.15) is 32.8 Å². The first-order valence-corrected chi connectivity index (χ1v) is 7.07. The van der Waals surface area contributed by atoms with Crippen molar-refractivity contribution in [2.24, 2.45) is 0 Å². The molecule has 1 aromatic rings. The lowest BCUT2D eigenvalue weighted by Crippen LogP contribution is -2.22. The number of hydrogen-bond donors (Lipinski definition) is 0. The average molecular weight is 299 g/mol. The van der Waals surface area contributed by atoms with E-state index >= 15 is 0 Å². The number of halogens is 2. The fourth-order valence-corrected chi connectivity index (χ4v) is 1.52. The van der Waals surface area contributed by atoms with Gasteiger partial charge < -0.3 is 9.47 Å². The van der Waals surface area contributed by atoms with Crippen molar-refractivity contribution in [1.82, 2.24) is 0 Å². The van der Waals surface area contributed by atoms with E-state index < -0.39 is 0 Å². The lowest BCUT2D eigenvalue weighted by molar-refractivity contribution is -0.0163. The molecule has 0 fully saturated rings. The van der Waals surface area contributed by atoms with Gasteiger partial charge in [-0.3, -0.25) is 0 Å². The first-order chi connectivity index (χ1) is 9.42. The minimum absolute atomic E-state index is 0.214. The summed E-state index contributed by atoms with van der Waals surface area (Å²) in [6, 6.07) is 4.31. The molecule has 1 rings (SSSR count). The zero-order chi connectivity index (χ0) is 15.0. The molecule has 0 saturated carbocycles. The Bertz CT molecular complexity index is 483. The third kappa shape index (κ3) is 6.79. The SMILES string of the molecule is CC(C)(C)OCCOc1cc(F)ccc1C#CCCCl. The van der Waals surface area contributed by atoms with Crippen molar-refractivity contribution in [3.05, 3.63) is 29.6 Å². The van der Waals surface area contributed by atoms with E-state index in [0.717, 1.165) is 0 Å². The number of benzene rings is 1. The Morgan fingerprint density at radius 2 is 2.00 bits per heavy atom. The van der Waals surface area contributed by atoms with Gasteiger partial charge in [-0.25, -0.2) is 4.39 Å². The molecule has 0 amide bonds. The van der Waals surface area contributed by atoms with Crippen LogP contribution in [0.5, 0.6) is 5.75 Å². The fourth-order valence-electron chi connectivity index (χ4n) is 1.42. The van der Waals surface area contributed by atoms with Gasteiger partial charge in [-0.05, 0) is 32.9 Å². The summed E-state index contributed by atoms with van der Waals surface area (Å²) in [7, 11) is 0. The zero-order valence-electron chi connectivity index (χ0n) is 12.1. The van der Waals surface area contributed by atoms with E-state index in [1.807, 2.05) is 20.8 Å². The molecule has 1 aromatic carbocycles. The summed E-state index contributed by atoms with van der Waals surface area (Å²) in [6.07, 6.45) is 0.589. The normalized spacial score (nSPS) is 10.8. The quantitative estimate of drug-likeness (QED) is 0.465. The third-order valence-electron chi connectivity index (χ3n) is 2.26. The summed E-state index contributed by atoms with van der Waals surface area (Å²) < 4.78 is 24.3. The Balaban J connectivity index is 2.63. The molecule has 0 atom stereocenters. The molecule has 0 heterocycles. The van der Waals surface area contributed by atoms with Crippen LogP contribution in [0.2, 0.25) is 0 Å². The zero-order valence-corrected chi connectivity index (χ0v) is 12.9. The van der Waals surface area contributed by atoms with Crippen molar-refractivity contribution >= 4 is 11.6 Å². The van der Waals surface area contributed by atoms with Crippen molar-refractivity contribution in [3.63, 3.8) is 0 Å². The maximum absolute atomic E-state index is 13.3. The topological polar surface area (TPSA) is 18.5 Å². The summed E-state index contributed by atoms with van der Waals surface area (Å²) in [5, 5.41) is 0. The first kappa shape index (κ1) is 16.8. The van der Waals surface area contributed by atoms with E-state index in [1.165, 1.54) is 12.1 Å². The molecule has 0 aromatic heterocycles. The lowest BCUT2D eigenvalue weighted by Gasteiger charge is -2.19. The molecular weight excluding hydrogens is 279 g/mol. The highest BCUT2D eigenvalue weighted by Gasteiger charge is 2.10. The largest absolute Gasteiger partial charge is 0.490 e. The van der Waals surface area contributed by atoms with E-state index in [4.69, 9.17) is 21.1 Å². The molecule has 2 nitrogen and oxygen atoms in total. The van der Waals surface area contributed by atoms with Gasteiger partial charge in [0.25, 0.3) is 0 Å². The molecule has 0 unspecified atom stereocenters. The predicted octanol–water partition coefficient (Wildman–Crippen LogP) is 4.00. The number of rotatable bonds is 5. The van der Waals surface area contributed by atoms with Gasteiger partial charge in [0.2, 0.25) is 0 Å². The van der Waals surface area contributed by atoms with Gasteiger partial charge in [-0.2, -0.15) is 0 Å². The minimum atomic E-state index is -0.348. The van der Waals surface area contributed by atoms with Crippen LogP contribution in [0.15, 0.2) is 18.2 Å². The molecular formula is C16H20ClFO2. The average Bonchev–Trinajstić information content (AvgIpc) is 2.36. The molecule has 0 spiro atoms. The summed E-state index contributed by atoms with van der Waals surface area (Å²) in [4.78, 5) is 0. The van der Waals surface area contributed by atoms with Crippen molar-refractivity contribution in [3.8, 4) is 17.6 Å². The Morgan fingerprint density at radius 1 is 1.25 bits per heavy atom. The van der Waals surface area contributed by atoms with E-state index in [0.29, 0.717) is 36.8 Å². The van der Waals surface area contributed by atoms with Gasteiger partial charge in [0.15, 0.2) is 0 Å². The molecule has 4 heteroatoms. The van der Waals surface area contributed by atoms with Crippen molar-refractivity contribution in [1.29, 1.82) is 0 Å². The van der Waals surface area contributed by atoms with Crippen LogP contribution in [0.3, 0.4) is 0 Å². The van der Waals surface area contributed by atoms with Crippen LogP contribution < -0.4 is 4.74 Å². The molecule has 0 N–H and O–H groups in total. The maximum Gasteiger partial charge on any atom is 0.137 e. The highest BCUT2D eigenvalue weighted by atomic mass is 35.5. The van der Waals surface area contributed by atoms with Gasteiger partial charge >= 0.3 is 0 Å². The minimum Gasteiger partial charge on any atom is -0.490 e. The molecule has 0 bridgehead atoms. The molecule has 0 radical (unpaired) electrons. The molecule has 110 valence electrons. The van der Waals surface area contributed by atoms with Gasteiger partial charge in [-0.15, -0.1) is 11.6 Å². The second-order valence-electron chi connectivity index (χ2n) is 5.19. The number of ether oxygens (including phenoxy) is 2. The van der Waals surface area contributed by atoms with Crippen LogP contribution in [0.25, 0.3) is 0 Å². The standard InChI is InChI=1S/C16H20ClFO2/c1-16(2,3)20-11-10-19-15-12-14(18)8-7-13(15)6-4-5-9-17/h7-8,12H,5,9-11H2,1-3H3. The van der Waals surface area contributed by atoms with Gasteiger partial charge in [0.1, 0.15) is 18.2 Å². The Labute approximate surface area is 125 Å². The first-order valence-electron chi connectivity index (χ1n) is 6.53.